The van der Waals surface area contributed by atoms with Gasteiger partial charge in [0.05, 0.1) is 0 Å². The molecule has 0 N–H and O–H groups in total. The van der Waals surface area contributed by atoms with Crippen LogP contribution in [-0.4, -0.2) is 0 Å². The van der Waals surface area contributed by atoms with Crippen molar-refractivity contribution in [2.45, 2.75) is 6.92 Å². The van der Waals surface area contributed by atoms with Crippen LogP contribution in [-0.2, 0) is 0 Å². The summed E-state index contributed by atoms with van der Waals surface area (Å²) in [5, 5.41) is 0. The first kappa shape index (κ1) is 16.5. The molecule has 0 unspecified atom stereocenters. The summed E-state index contributed by atoms with van der Waals surface area (Å²) in [6.07, 6.45) is 16.3. The Morgan fingerprint density at radius 1 is 0.783 bits per heavy atom. The number of rotatable bonds is 6. The van der Waals surface area contributed by atoms with Gasteiger partial charge in [0, 0.05) is 0 Å². The summed E-state index contributed by atoms with van der Waals surface area (Å²) in [6, 6.07) is 18.8. The molecule has 0 aliphatic rings. The van der Waals surface area contributed by atoms with E-state index in [4.69, 9.17) is 0 Å². The Hall–Kier alpha value is -2.86. The third-order valence-electron chi connectivity index (χ3n) is 3.39. The lowest BCUT2D eigenvalue weighted by Gasteiger charge is -1.97. The quantitative estimate of drug-likeness (QED) is 0.418. The monoisotopic (exact) mass is 298 g/mol. The minimum absolute atomic E-state index is 1.09. The maximum absolute atomic E-state index is 3.83. The van der Waals surface area contributed by atoms with Crippen LogP contribution >= 0.6 is 0 Å². The summed E-state index contributed by atoms with van der Waals surface area (Å²) in [4.78, 5) is 0. The first-order valence-electron chi connectivity index (χ1n) is 7.78. The molecule has 0 fully saturated rings. The fraction of sp³-hybridized carbons (Fsp3) is 0.0435. The number of benzene rings is 2. The van der Waals surface area contributed by atoms with Crippen molar-refractivity contribution in [2.75, 3.05) is 0 Å². The second-order valence-electron chi connectivity index (χ2n) is 5.14. The minimum atomic E-state index is 1.09. The van der Waals surface area contributed by atoms with E-state index >= 15 is 0 Å². The Balaban J connectivity index is 2.05. The van der Waals surface area contributed by atoms with Crippen molar-refractivity contribution in [3.63, 3.8) is 0 Å². The Kier molecular flexibility index (Phi) is 6.62. The maximum atomic E-state index is 3.83. The molecule has 0 heterocycles. The summed E-state index contributed by atoms with van der Waals surface area (Å²) in [7, 11) is 0. The van der Waals surface area contributed by atoms with Crippen LogP contribution in [0.2, 0.25) is 0 Å². The van der Waals surface area contributed by atoms with E-state index in [1.165, 1.54) is 16.7 Å². The van der Waals surface area contributed by atoms with Gasteiger partial charge in [-0.15, -0.1) is 0 Å². The van der Waals surface area contributed by atoms with Gasteiger partial charge >= 0.3 is 0 Å². The highest BCUT2D eigenvalue weighted by Crippen LogP contribution is 2.12. The second kappa shape index (κ2) is 9.22. The molecule has 0 amide bonds. The van der Waals surface area contributed by atoms with Gasteiger partial charge in [0.25, 0.3) is 0 Å². The van der Waals surface area contributed by atoms with Crippen molar-refractivity contribution in [1.29, 1.82) is 0 Å². The van der Waals surface area contributed by atoms with Crippen LogP contribution in [0.15, 0.2) is 97.1 Å². The fourth-order valence-electron chi connectivity index (χ4n) is 2.07. The summed E-state index contributed by atoms with van der Waals surface area (Å²) in [5.74, 6) is 0. The molecule has 0 aromatic heterocycles. The smallest absolute Gasteiger partial charge is 0.0256 e. The zero-order chi connectivity index (χ0) is 16.3. The number of allylic oxidation sites excluding steroid dienone is 6. The van der Waals surface area contributed by atoms with Gasteiger partial charge < -0.3 is 0 Å². The van der Waals surface area contributed by atoms with Crippen LogP contribution < -0.4 is 0 Å². The van der Waals surface area contributed by atoms with Crippen LogP contribution in [0.4, 0.5) is 0 Å². The molecular formula is C23H22. The van der Waals surface area contributed by atoms with E-state index in [-0.39, 0.29) is 0 Å². The van der Waals surface area contributed by atoms with E-state index < -0.39 is 0 Å². The van der Waals surface area contributed by atoms with Gasteiger partial charge in [-0.1, -0.05) is 110 Å². The fourth-order valence-corrected chi connectivity index (χ4v) is 2.07. The molecule has 0 spiro atoms. The van der Waals surface area contributed by atoms with Gasteiger partial charge in [-0.3, -0.25) is 0 Å². The molecule has 0 heteroatoms. The van der Waals surface area contributed by atoms with Crippen LogP contribution in [0.3, 0.4) is 0 Å². The normalized spacial score (nSPS) is 12.5. The largest absolute Gasteiger partial charge is 0.0985 e. The predicted molar refractivity (Wildman–Crippen MR) is 104 cm³/mol. The lowest BCUT2D eigenvalue weighted by molar-refractivity contribution is 1.61. The zero-order valence-electron chi connectivity index (χ0n) is 13.5. The Morgan fingerprint density at radius 3 is 1.91 bits per heavy atom. The first-order valence-corrected chi connectivity index (χ1v) is 7.78. The third-order valence-corrected chi connectivity index (χ3v) is 3.39. The lowest BCUT2D eigenvalue weighted by Crippen LogP contribution is -1.76. The van der Waals surface area contributed by atoms with Gasteiger partial charge in [0.15, 0.2) is 0 Å². The van der Waals surface area contributed by atoms with Gasteiger partial charge in [-0.05, 0) is 29.2 Å². The van der Waals surface area contributed by atoms with Gasteiger partial charge in [0.1, 0.15) is 0 Å². The number of hydrogen-bond acceptors (Lipinski definition) is 0. The first-order chi connectivity index (χ1) is 11.3. The maximum Gasteiger partial charge on any atom is -0.0256 e. The molecule has 2 aromatic rings. The van der Waals surface area contributed by atoms with Crippen molar-refractivity contribution < 1.29 is 0 Å². The van der Waals surface area contributed by atoms with Gasteiger partial charge in [-0.25, -0.2) is 0 Å². The molecule has 114 valence electrons. The summed E-state index contributed by atoms with van der Waals surface area (Å²) >= 11 is 0. The molecule has 23 heavy (non-hydrogen) atoms. The highest BCUT2D eigenvalue weighted by molar-refractivity contribution is 5.70. The van der Waals surface area contributed by atoms with Crippen molar-refractivity contribution in [2.24, 2.45) is 0 Å². The van der Waals surface area contributed by atoms with Crippen molar-refractivity contribution in [3.05, 3.63) is 114 Å². The second-order valence-corrected chi connectivity index (χ2v) is 5.14. The molecule has 2 aromatic carbocycles. The summed E-state index contributed by atoms with van der Waals surface area (Å²) in [6.45, 7) is 5.83. The SMILES string of the molecule is C=CC(/C=C/c1ccc(/C=C/c2ccccc2)cc1)=C\C=C/C. The molecule has 0 saturated heterocycles. The average molecular weight is 298 g/mol. The molecular weight excluding hydrogens is 276 g/mol. The molecule has 0 nitrogen and oxygen atoms in total. The van der Waals surface area contributed by atoms with Crippen LogP contribution in [0.1, 0.15) is 23.6 Å². The average Bonchev–Trinajstić information content (AvgIpc) is 2.62. The highest BCUT2D eigenvalue weighted by Gasteiger charge is 1.90. The predicted octanol–water partition coefficient (Wildman–Crippen LogP) is 6.56. The van der Waals surface area contributed by atoms with Gasteiger partial charge in [0.2, 0.25) is 0 Å². The summed E-state index contributed by atoms with van der Waals surface area (Å²) in [5.41, 5.74) is 4.67. The van der Waals surface area contributed by atoms with Crippen LogP contribution in [0, 0.1) is 0 Å². The van der Waals surface area contributed by atoms with Crippen molar-refractivity contribution in [1.82, 2.24) is 0 Å². The van der Waals surface area contributed by atoms with E-state index in [1.807, 2.05) is 49.4 Å². The molecule has 0 atom stereocenters. The Labute approximate surface area is 139 Å². The van der Waals surface area contributed by atoms with E-state index in [1.54, 1.807) is 0 Å². The molecule has 0 saturated carbocycles. The van der Waals surface area contributed by atoms with Crippen molar-refractivity contribution >= 4 is 18.2 Å². The van der Waals surface area contributed by atoms with E-state index in [0.29, 0.717) is 0 Å². The minimum Gasteiger partial charge on any atom is -0.0985 e. The van der Waals surface area contributed by atoms with E-state index in [0.717, 1.165) is 5.57 Å². The standard InChI is InChI=1S/C23H22/c1-3-5-9-20(4-2)12-13-22-16-18-23(19-17-22)15-14-21-10-7-6-8-11-21/h3-19H,2H2,1H3/b5-3-,13-12+,15-14+,20-9+. The molecule has 0 aliphatic carbocycles. The van der Waals surface area contributed by atoms with E-state index in [9.17, 15) is 0 Å². The Bertz CT molecular complexity index is 723. The lowest BCUT2D eigenvalue weighted by atomic mass is 10.1. The van der Waals surface area contributed by atoms with Crippen LogP contribution in [0.5, 0.6) is 0 Å². The van der Waals surface area contributed by atoms with Crippen molar-refractivity contribution in [3.8, 4) is 0 Å². The molecule has 0 aliphatic heterocycles. The molecule has 2 rings (SSSR count). The topological polar surface area (TPSA) is 0 Å². The number of hydrogen-bond donors (Lipinski definition) is 0. The van der Waals surface area contributed by atoms with Gasteiger partial charge in [-0.2, -0.15) is 0 Å². The Morgan fingerprint density at radius 2 is 1.35 bits per heavy atom. The molecule has 0 radical (unpaired) electrons. The zero-order valence-corrected chi connectivity index (χ0v) is 13.5. The molecule has 0 bridgehead atoms. The third kappa shape index (κ3) is 5.80. The van der Waals surface area contributed by atoms with Crippen LogP contribution in [0.25, 0.3) is 18.2 Å². The summed E-state index contributed by atoms with van der Waals surface area (Å²) < 4.78 is 0. The highest BCUT2D eigenvalue weighted by atomic mass is 14.0. The van der Waals surface area contributed by atoms with E-state index in [2.05, 4.69) is 67.3 Å².